The van der Waals surface area contributed by atoms with Gasteiger partial charge < -0.3 is 0 Å². The quantitative estimate of drug-likeness (QED) is 0.454. The summed E-state index contributed by atoms with van der Waals surface area (Å²) in [7, 11) is 0. The van der Waals surface area contributed by atoms with Crippen LogP contribution < -0.4 is 0 Å². The van der Waals surface area contributed by atoms with Crippen LogP contribution in [0, 0.1) is 11.3 Å². The lowest BCUT2D eigenvalue weighted by Gasteiger charge is -1.91. The zero-order valence-corrected chi connectivity index (χ0v) is 7.68. The number of nitrogens with zero attached hydrogens (tertiary/aromatic N) is 5. The number of aromatic amines is 1. The number of H-pyrrole nitrogens is 1. The molecule has 0 unspecified atom stereocenters. The maximum Gasteiger partial charge on any atom is 0.0992 e. The molecule has 2 rings (SSSR count). The highest BCUT2D eigenvalue weighted by Gasteiger charge is 2.04. The number of rotatable bonds is 2. The Hall–Kier alpha value is -2.51. The fourth-order valence-corrected chi connectivity index (χ4v) is 1.36. The molecule has 1 aromatic carbocycles. The van der Waals surface area contributed by atoms with Crippen molar-refractivity contribution in [2.45, 2.75) is 6.54 Å². The maximum absolute atomic E-state index is 8.69. The molecule has 0 saturated heterocycles. The van der Waals surface area contributed by atoms with Crippen LogP contribution in [0.1, 0.15) is 11.3 Å². The van der Waals surface area contributed by atoms with Crippen molar-refractivity contribution in [3.05, 3.63) is 39.9 Å². The van der Waals surface area contributed by atoms with Crippen LogP contribution in [0.3, 0.4) is 0 Å². The molecule has 6 nitrogen and oxygen atoms in total. The molecule has 0 bridgehead atoms. The van der Waals surface area contributed by atoms with Crippen LogP contribution in [0.5, 0.6) is 0 Å². The van der Waals surface area contributed by atoms with Crippen molar-refractivity contribution in [3.63, 3.8) is 0 Å². The van der Waals surface area contributed by atoms with Crippen LogP contribution in [-0.4, -0.2) is 10.2 Å². The molecule has 6 heteroatoms. The first-order valence-corrected chi connectivity index (χ1v) is 4.23. The van der Waals surface area contributed by atoms with E-state index in [-0.39, 0.29) is 6.54 Å². The van der Waals surface area contributed by atoms with E-state index in [1.54, 1.807) is 18.2 Å². The number of nitrogens with one attached hydrogen (secondary N) is 1. The predicted octanol–water partition coefficient (Wildman–Crippen LogP) is 2.24. The van der Waals surface area contributed by atoms with Crippen molar-refractivity contribution in [3.8, 4) is 6.07 Å². The topological polar surface area (TPSA) is 101 Å². The Kier molecular flexibility index (Phi) is 2.23. The molecular weight excluding hydrogens is 192 g/mol. The van der Waals surface area contributed by atoms with E-state index < -0.39 is 0 Å². The SMILES string of the molecule is N#Cc1ccc2c(CN=[N+]=[N-])[nH]nc2c1. The molecule has 0 spiro atoms. The maximum atomic E-state index is 8.69. The van der Waals surface area contributed by atoms with Gasteiger partial charge in [0.1, 0.15) is 0 Å². The van der Waals surface area contributed by atoms with Crippen molar-refractivity contribution < 1.29 is 0 Å². The fourth-order valence-electron chi connectivity index (χ4n) is 1.36. The van der Waals surface area contributed by atoms with Crippen LogP contribution >= 0.6 is 0 Å². The number of aromatic nitrogens is 2. The summed E-state index contributed by atoms with van der Waals surface area (Å²) in [6.07, 6.45) is 0. The summed E-state index contributed by atoms with van der Waals surface area (Å²) in [5.41, 5.74) is 10.2. The third-order valence-electron chi connectivity index (χ3n) is 2.06. The predicted molar refractivity (Wildman–Crippen MR) is 53.7 cm³/mol. The van der Waals surface area contributed by atoms with E-state index in [0.29, 0.717) is 11.1 Å². The van der Waals surface area contributed by atoms with E-state index >= 15 is 0 Å². The number of nitriles is 1. The highest BCUT2D eigenvalue weighted by molar-refractivity contribution is 5.82. The minimum Gasteiger partial charge on any atom is -0.281 e. The van der Waals surface area contributed by atoms with E-state index in [9.17, 15) is 0 Å². The first kappa shape index (κ1) is 9.06. The summed E-state index contributed by atoms with van der Waals surface area (Å²) in [5, 5.41) is 19.8. The molecule has 2 aromatic rings. The minimum absolute atomic E-state index is 0.235. The highest BCUT2D eigenvalue weighted by atomic mass is 15.2. The van der Waals surface area contributed by atoms with E-state index in [1.807, 2.05) is 6.07 Å². The molecule has 0 saturated carbocycles. The largest absolute Gasteiger partial charge is 0.281 e. The van der Waals surface area contributed by atoms with Gasteiger partial charge in [-0.2, -0.15) is 10.4 Å². The van der Waals surface area contributed by atoms with E-state index in [2.05, 4.69) is 20.2 Å². The summed E-state index contributed by atoms with van der Waals surface area (Å²) in [6.45, 7) is 0.235. The van der Waals surface area contributed by atoms with Gasteiger partial charge in [0.2, 0.25) is 0 Å². The van der Waals surface area contributed by atoms with Crippen LogP contribution in [-0.2, 0) is 6.54 Å². The fraction of sp³-hybridized carbons (Fsp3) is 0.111. The molecule has 0 amide bonds. The Morgan fingerprint density at radius 2 is 2.47 bits per heavy atom. The van der Waals surface area contributed by atoms with E-state index in [0.717, 1.165) is 11.1 Å². The third kappa shape index (κ3) is 1.59. The van der Waals surface area contributed by atoms with Crippen LogP contribution in [0.2, 0.25) is 0 Å². The average molecular weight is 198 g/mol. The molecule has 1 heterocycles. The van der Waals surface area contributed by atoms with Gasteiger partial charge >= 0.3 is 0 Å². The summed E-state index contributed by atoms with van der Waals surface area (Å²) in [5.74, 6) is 0. The van der Waals surface area contributed by atoms with Crippen molar-refractivity contribution in [2.24, 2.45) is 5.11 Å². The van der Waals surface area contributed by atoms with Gasteiger partial charge in [0.15, 0.2) is 0 Å². The highest BCUT2D eigenvalue weighted by Crippen LogP contribution is 2.17. The molecule has 0 aliphatic rings. The minimum atomic E-state index is 0.235. The lowest BCUT2D eigenvalue weighted by atomic mass is 10.1. The standard InChI is InChI=1S/C9H6N6/c10-4-6-1-2-7-8(3-6)13-14-9(7)5-12-15-11/h1-3H,5H2,(H,13,14). The van der Waals surface area contributed by atoms with Crippen molar-refractivity contribution in [2.75, 3.05) is 0 Å². The molecule has 1 aromatic heterocycles. The Morgan fingerprint density at radius 1 is 1.60 bits per heavy atom. The monoisotopic (exact) mass is 198 g/mol. The zero-order valence-electron chi connectivity index (χ0n) is 7.68. The second kappa shape index (κ2) is 3.70. The zero-order chi connectivity index (χ0) is 10.7. The Labute approximate surface area is 84.8 Å². The van der Waals surface area contributed by atoms with Gasteiger partial charge in [-0.15, -0.1) is 0 Å². The van der Waals surface area contributed by atoms with E-state index in [4.69, 9.17) is 10.8 Å². The molecule has 0 aliphatic heterocycles. The Morgan fingerprint density at radius 3 is 3.20 bits per heavy atom. The van der Waals surface area contributed by atoms with Gasteiger partial charge in [-0.25, -0.2) is 0 Å². The lowest BCUT2D eigenvalue weighted by Crippen LogP contribution is -1.80. The number of benzene rings is 1. The summed E-state index contributed by atoms with van der Waals surface area (Å²) in [4.78, 5) is 2.68. The molecule has 0 aliphatic carbocycles. The summed E-state index contributed by atoms with van der Waals surface area (Å²) in [6, 6.07) is 7.22. The van der Waals surface area contributed by atoms with Gasteiger partial charge in [0.25, 0.3) is 0 Å². The van der Waals surface area contributed by atoms with Crippen molar-refractivity contribution in [1.82, 2.24) is 10.2 Å². The molecule has 0 fully saturated rings. The molecular formula is C9H6N6. The smallest absolute Gasteiger partial charge is 0.0992 e. The van der Waals surface area contributed by atoms with Gasteiger partial charge in [-0.05, 0) is 23.7 Å². The normalized spacial score (nSPS) is 9.53. The van der Waals surface area contributed by atoms with Crippen molar-refractivity contribution >= 4 is 10.9 Å². The summed E-state index contributed by atoms with van der Waals surface area (Å²) < 4.78 is 0. The number of azide groups is 1. The molecule has 72 valence electrons. The van der Waals surface area contributed by atoms with Gasteiger partial charge in [-0.3, -0.25) is 5.10 Å². The van der Waals surface area contributed by atoms with Gasteiger partial charge in [0, 0.05) is 16.0 Å². The number of hydrogen-bond acceptors (Lipinski definition) is 3. The first-order valence-electron chi connectivity index (χ1n) is 4.23. The first-order chi connectivity index (χ1) is 7.35. The second-order valence-corrected chi connectivity index (χ2v) is 2.93. The molecule has 0 radical (unpaired) electrons. The summed E-state index contributed by atoms with van der Waals surface area (Å²) >= 11 is 0. The number of fused-ring (bicyclic) bond motifs is 1. The Balaban J connectivity index is 2.52. The van der Waals surface area contributed by atoms with Crippen LogP contribution in [0.15, 0.2) is 23.3 Å². The van der Waals surface area contributed by atoms with E-state index in [1.165, 1.54) is 0 Å². The number of hydrogen-bond donors (Lipinski definition) is 1. The molecule has 15 heavy (non-hydrogen) atoms. The molecule has 0 atom stereocenters. The van der Waals surface area contributed by atoms with Crippen LogP contribution in [0.25, 0.3) is 21.3 Å². The van der Waals surface area contributed by atoms with Crippen LogP contribution in [0.4, 0.5) is 0 Å². The lowest BCUT2D eigenvalue weighted by molar-refractivity contribution is 0.949. The van der Waals surface area contributed by atoms with Gasteiger partial charge in [0.05, 0.1) is 23.7 Å². The van der Waals surface area contributed by atoms with Crippen molar-refractivity contribution in [1.29, 1.82) is 5.26 Å². The second-order valence-electron chi connectivity index (χ2n) is 2.93. The third-order valence-corrected chi connectivity index (χ3v) is 2.06. The van der Waals surface area contributed by atoms with Gasteiger partial charge in [-0.1, -0.05) is 5.11 Å². The average Bonchev–Trinajstić information content (AvgIpc) is 2.68. The Bertz CT molecular complexity index is 584. The molecule has 1 N–H and O–H groups in total.